The van der Waals surface area contributed by atoms with Gasteiger partial charge in [0.2, 0.25) is 0 Å². The zero-order valence-corrected chi connectivity index (χ0v) is 14.8. The molecule has 2 amide bonds. The molecule has 130 valence electrons. The first-order valence-corrected chi connectivity index (χ1v) is 9.01. The predicted molar refractivity (Wildman–Crippen MR) is 95.2 cm³/mol. The molecule has 0 radical (unpaired) electrons. The largest absolute Gasteiger partial charge is 0.368 e. The van der Waals surface area contributed by atoms with Gasteiger partial charge >= 0.3 is 11.8 Å². The van der Waals surface area contributed by atoms with Crippen molar-refractivity contribution in [3.05, 3.63) is 29.3 Å². The third-order valence-corrected chi connectivity index (χ3v) is 5.23. The average molecular weight is 350 g/mol. The fraction of sp³-hybridized carbons (Fsp3) is 0.556. The van der Waals surface area contributed by atoms with Crippen molar-refractivity contribution in [3.63, 3.8) is 0 Å². The first-order valence-electron chi connectivity index (χ1n) is 8.63. The number of nitrogens with zero attached hydrogens (tertiary/aromatic N) is 3. The number of carbonyl (C=O) groups excluding carboxylic acids is 2. The quantitative estimate of drug-likeness (QED) is 0.730. The van der Waals surface area contributed by atoms with Crippen molar-refractivity contribution in [2.75, 3.05) is 44.2 Å². The summed E-state index contributed by atoms with van der Waals surface area (Å²) in [6, 6.07) is 7.72. The maximum Gasteiger partial charge on any atom is 0.312 e. The Morgan fingerprint density at radius 1 is 0.958 bits per heavy atom. The Morgan fingerprint density at radius 3 is 2.12 bits per heavy atom. The highest BCUT2D eigenvalue weighted by atomic mass is 35.5. The van der Waals surface area contributed by atoms with Gasteiger partial charge in [0.15, 0.2) is 0 Å². The standard InChI is InChI=1S/C18H24ClN3O2/c1-14-5-7-21(8-6-14)17(23)18(24)22-11-9-20(10-12-22)16-4-2-3-15(19)13-16/h2-4,13-14H,5-12H2,1H3. The van der Waals surface area contributed by atoms with E-state index in [1.807, 2.05) is 24.3 Å². The van der Waals surface area contributed by atoms with Crippen molar-refractivity contribution in [2.45, 2.75) is 19.8 Å². The number of amides is 2. The summed E-state index contributed by atoms with van der Waals surface area (Å²) < 4.78 is 0. The highest BCUT2D eigenvalue weighted by Crippen LogP contribution is 2.21. The van der Waals surface area contributed by atoms with Gasteiger partial charge < -0.3 is 14.7 Å². The average Bonchev–Trinajstić information content (AvgIpc) is 2.61. The van der Waals surface area contributed by atoms with E-state index in [4.69, 9.17) is 11.6 Å². The summed E-state index contributed by atoms with van der Waals surface area (Å²) in [6.45, 7) is 6.18. The van der Waals surface area contributed by atoms with Crippen molar-refractivity contribution in [1.29, 1.82) is 0 Å². The topological polar surface area (TPSA) is 43.9 Å². The lowest BCUT2D eigenvalue weighted by molar-refractivity contribution is -0.152. The summed E-state index contributed by atoms with van der Waals surface area (Å²) in [5, 5.41) is 0.709. The molecule has 2 saturated heterocycles. The van der Waals surface area contributed by atoms with E-state index in [0.29, 0.717) is 37.1 Å². The molecule has 1 aromatic carbocycles. The van der Waals surface area contributed by atoms with E-state index in [-0.39, 0.29) is 11.8 Å². The van der Waals surface area contributed by atoms with E-state index in [1.165, 1.54) is 0 Å². The molecular formula is C18H24ClN3O2. The number of anilines is 1. The van der Waals surface area contributed by atoms with Crippen LogP contribution in [0.25, 0.3) is 0 Å². The second-order valence-corrected chi connectivity index (χ2v) is 7.17. The summed E-state index contributed by atoms with van der Waals surface area (Å²) >= 11 is 6.04. The molecule has 0 unspecified atom stereocenters. The van der Waals surface area contributed by atoms with Gasteiger partial charge in [-0.1, -0.05) is 24.6 Å². The Hall–Kier alpha value is -1.75. The van der Waals surface area contributed by atoms with Gasteiger partial charge in [0.25, 0.3) is 0 Å². The number of halogens is 1. The number of likely N-dealkylation sites (tertiary alicyclic amines) is 1. The molecule has 2 fully saturated rings. The van der Waals surface area contributed by atoms with Crippen LogP contribution in [0.1, 0.15) is 19.8 Å². The number of hydrogen-bond acceptors (Lipinski definition) is 3. The van der Waals surface area contributed by atoms with E-state index in [1.54, 1.807) is 9.80 Å². The highest BCUT2D eigenvalue weighted by Gasteiger charge is 2.31. The van der Waals surface area contributed by atoms with Crippen LogP contribution in [0.2, 0.25) is 5.02 Å². The van der Waals surface area contributed by atoms with Crippen LogP contribution in [-0.2, 0) is 9.59 Å². The Bertz CT molecular complexity index is 606. The molecule has 0 bridgehead atoms. The Kier molecular flexibility index (Phi) is 5.29. The zero-order chi connectivity index (χ0) is 17.1. The third-order valence-electron chi connectivity index (χ3n) is 4.99. The number of benzene rings is 1. The summed E-state index contributed by atoms with van der Waals surface area (Å²) in [6.07, 6.45) is 1.98. The fourth-order valence-corrected chi connectivity index (χ4v) is 3.51. The maximum atomic E-state index is 12.5. The van der Waals surface area contributed by atoms with Crippen molar-refractivity contribution < 1.29 is 9.59 Å². The van der Waals surface area contributed by atoms with Crippen molar-refractivity contribution in [1.82, 2.24) is 9.80 Å². The van der Waals surface area contributed by atoms with Gasteiger partial charge in [-0.3, -0.25) is 9.59 Å². The second-order valence-electron chi connectivity index (χ2n) is 6.73. The van der Waals surface area contributed by atoms with E-state index < -0.39 is 0 Å². The van der Waals surface area contributed by atoms with Crippen molar-refractivity contribution >= 4 is 29.1 Å². The van der Waals surface area contributed by atoms with E-state index in [0.717, 1.165) is 31.6 Å². The number of hydrogen-bond donors (Lipinski definition) is 0. The SMILES string of the molecule is CC1CCN(C(=O)C(=O)N2CCN(c3cccc(Cl)c3)CC2)CC1. The van der Waals surface area contributed by atoms with Gasteiger partial charge in [-0.15, -0.1) is 0 Å². The molecule has 0 saturated carbocycles. The minimum absolute atomic E-state index is 0.335. The monoisotopic (exact) mass is 349 g/mol. The van der Waals surface area contributed by atoms with Crippen LogP contribution in [0.4, 0.5) is 5.69 Å². The van der Waals surface area contributed by atoms with Crippen LogP contribution in [0.3, 0.4) is 0 Å². The second kappa shape index (κ2) is 7.43. The molecular weight excluding hydrogens is 326 g/mol. The normalized spacial score (nSPS) is 19.5. The maximum absolute atomic E-state index is 12.5. The molecule has 3 rings (SSSR count). The molecule has 2 aliphatic rings. The molecule has 6 heteroatoms. The lowest BCUT2D eigenvalue weighted by atomic mass is 9.99. The molecule has 0 N–H and O–H groups in total. The zero-order valence-electron chi connectivity index (χ0n) is 14.1. The lowest BCUT2D eigenvalue weighted by Gasteiger charge is -2.37. The predicted octanol–water partition coefficient (Wildman–Crippen LogP) is 2.25. The van der Waals surface area contributed by atoms with Crippen LogP contribution >= 0.6 is 11.6 Å². The Balaban J connectivity index is 1.54. The molecule has 5 nitrogen and oxygen atoms in total. The summed E-state index contributed by atoms with van der Waals surface area (Å²) in [7, 11) is 0. The lowest BCUT2D eigenvalue weighted by Crippen LogP contribution is -2.54. The van der Waals surface area contributed by atoms with Gasteiger partial charge in [0.05, 0.1) is 0 Å². The van der Waals surface area contributed by atoms with Crippen LogP contribution in [-0.4, -0.2) is 60.9 Å². The van der Waals surface area contributed by atoms with E-state index >= 15 is 0 Å². The first-order chi connectivity index (χ1) is 11.5. The minimum atomic E-state index is -0.352. The number of piperazine rings is 1. The molecule has 24 heavy (non-hydrogen) atoms. The van der Waals surface area contributed by atoms with Crippen LogP contribution in [0.5, 0.6) is 0 Å². The van der Waals surface area contributed by atoms with E-state index in [9.17, 15) is 9.59 Å². The molecule has 2 heterocycles. The summed E-state index contributed by atoms with van der Waals surface area (Å²) in [4.78, 5) is 30.5. The summed E-state index contributed by atoms with van der Waals surface area (Å²) in [5.41, 5.74) is 1.06. The van der Waals surface area contributed by atoms with Crippen LogP contribution < -0.4 is 4.90 Å². The van der Waals surface area contributed by atoms with Crippen LogP contribution in [0, 0.1) is 5.92 Å². The number of piperidine rings is 1. The van der Waals surface area contributed by atoms with Gasteiger partial charge in [-0.2, -0.15) is 0 Å². The smallest absolute Gasteiger partial charge is 0.312 e. The first kappa shape index (κ1) is 17.1. The van der Waals surface area contributed by atoms with Gasteiger partial charge in [0.1, 0.15) is 0 Å². The van der Waals surface area contributed by atoms with E-state index in [2.05, 4.69) is 11.8 Å². The third kappa shape index (κ3) is 3.83. The molecule has 0 spiro atoms. The van der Waals surface area contributed by atoms with Crippen molar-refractivity contribution in [2.24, 2.45) is 5.92 Å². The van der Waals surface area contributed by atoms with Gasteiger partial charge in [-0.05, 0) is 37.0 Å². The molecule has 2 aliphatic heterocycles. The molecule has 0 atom stereocenters. The van der Waals surface area contributed by atoms with Crippen LogP contribution in [0.15, 0.2) is 24.3 Å². The Morgan fingerprint density at radius 2 is 1.54 bits per heavy atom. The minimum Gasteiger partial charge on any atom is -0.368 e. The summed E-state index contributed by atoms with van der Waals surface area (Å²) in [5.74, 6) is -0.0428. The highest BCUT2D eigenvalue weighted by molar-refractivity contribution is 6.35. The Labute approximate surface area is 148 Å². The van der Waals surface area contributed by atoms with Gasteiger partial charge in [-0.25, -0.2) is 0 Å². The fourth-order valence-electron chi connectivity index (χ4n) is 3.32. The van der Waals surface area contributed by atoms with Gasteiger partial charge in [0, 0.05) is 50.0 Å². The number of rotatable bonds is 1. The molecule has 0 aliphatic carbocycles. The molecule has 1 aromatic rings. The number of carbonyl (C=O) groups is 2. The molecule has 0 aromatic heterocycles. The van der Waals surface area contributed by atoms with Crippen molar-refractivity contribution in [3.8, 4) is 0 Å².